The largest absolute Gasteiger partial charge is 0.466 e. The molecule has 0 aromatic carbocycles. The van der Waals surface area contributed by atoms with Crippen LogP contribution >= 0.6 is 0 Å². The molecule has 21 heavy (non-hydrogen) atoms. The summed E-state index contributed by atoms with van der Waals surface area (Å²) in [7, 11) is 0. The Morgan fingerprint density at radius 2 is 1.76 bits per heavy atom. The van der Waals surface area contributed by atoms with Gasteiger partial charge in [-0.15, -0.1) is 6.58 Å². The van der Waals surface area contributed by atoms with Crippen molar-refractivity contribution in [3.05, 3.63) is 24.8 Å². The molecule has 1 atom stereocenters. The van der Waals surface area contributed by atoms with E-state index in [-0.39, 0.29) is 12.1 Å². The van der Waals surface area contributed by atoms with Gasteiger partial charge in [0.25, 0.3) is 0 Å². The van der Waals surface area contributed by atoms with Gasteiger partial charge >= 0.3 is 5.97 Å². The molecular weight excluding hydrogens is 264 g/mol. The molecule has 0 aliphatic rings. The van der Waals surface area contributed by atoms with Gasteiger partial charge < -0.3 is 9.84 Å². The van der Waals surface area contributed by atoms with E-state index < -0.39 is 0 Å². The number of rotatable bonds is 11. The molecule has 0 aliphatic carbocycles. The van der Waals surface area contributed by atoms with Crippen LogP contribution < -0.4 is 0 Å². The molecule has 124 valence electrons. The maximum atomic E-state index is 10.9. The Kier molecular flexibility index (Phi) is 20.0. The average molecular weight is 298 g/mol. The lowest BCUT2D eigenvalue weighted by atomic mass is 10.2. The van der Waals surface area contributed by atoms with Crippen molar-refractivity contribution in [2.45, 2.75) is 78.2 Å². The lowest BCUT2D eigenvalue weighted by molar-refractivity contribution is -0.143. The van der Waals surface area contributed by atoms with Gasteiger partial charge in [0.05, 0.1) is 12.7 Å². The Balaban J connectivity index is 0. The van der Waals surface area contributed by atoms with E-state index >= 15 is 0 Å². The Hall–Kier alpha value is -1.09. The molecule has 3 heteroatoms. The summed E-state index contributed by atoms with van der Waals surface area (Å²) in [6.45, 7) is 10.1. The van der Waals surface area contributed by atoms with Gasteiger partial charge in [0, 0.05) is 6.42 Å². The molecule has 3 nitrogen and oxygen atoms in total. The van der Waals surface area contributed by atoms with Crippen LogP contribution in [0.4, 0.5) is 0 Å². The molecule has 0 radical (unpaired) electrons. The molecule has 0 fully saturated rings. The minimum Gasteiger partial charge on any atom is -0.466 e. The van der Waals surface area contributed by atoms with Gasteiger partial charge in [-0.05, 0) is 26.2 Å². The van der Waals surface area contributed by atoms with Crippen LogP contribution in [0.15, 0.2) is 24.8 Å². The summed E-state index contributed by atoms with van der Waals surface area (Å²) in [5.41, 5.74) is 0. The number of hydrogen-bond donors (Lipinski definition) is 1. The molecule has 0 aliphatic heterocycles. The Labute approximate surface area is 131 Å². The highest BCUT2D eigenvalue weighted by Crippen LogP contribution is 2.00. The zero-order valence-corrected chi connectivity index (χ0v) is 14.1. The summed E-state index contributed by atoms with van der Waals surface area (Å²) in [6, 6.07) is 0. The quantitative estimate of drug-likeness (QED) is 0.338. The first kappa shape index (κ1) is 22.2. The van der Waals surface area contributed by atoms with Crippen LogP contribution in [-0.4, -0.2) is 23.8 Å². The average Bonchev–Trinajstić information content (AvgIpc) is 2.49. The minimum atomic E-state index is -0.282. The molecule has 0 heterocycles. The van der Waals surface area contributed by atoms with Crippen LogP contribution in [0.25, 0.3) is 0 Å². The third-order valence-electron chi connectivity index (χ3n) is 2.84. The van der Waals surface area contributed by atoms with E-state index in [1.54, 1.807) is 6.08 Å². The summed E-state index contributed by atoms with van der Waals surface area (Å²) in [4.78, 5) is 10.9. The first-order valence-electron chi connectivity index (χ1n) is 8.23. The van der Waals surface area contributed by atoms with Crippen molar-refractivity contribution >= 4 is 5.97 Å². The standard InChI is InChI=1S/C11H20O2.C7H14O/c1-3-5-6-7-8-9-10-11(12)13-4-2;1-3-5-6-7(8)4-2/h7-8H,3-6,9-10H2,1-2H3;4,7-8H,2-3,5-6H2,1H3/b8-7+;. The normalized spacial score (nSPS) is 11.6. The fraction of sp³-hybridized carbons (Fsp3) is 0.722. The molecule has 0 spiro atoms. The van der Waals surface area contributed by atoms with Gasteiger partial charge in [-0.3, -0.25) is 4.79 Å². The fourth-order valence-corrected chi connectivity index (χ4v) is 1.52. The second kappa shape index (κ2) is 18.9. The maximum Gasteiger partial charge on any atom is 0.306 e. The van der Waals surface area contributed by atoms with E-state index in [0.29, 0.717) is 13.0 Å². The summed E-state index contributed by atoms with van der Waals surface area (Å²) >= 11 is 0. The molecule has 1 N–H and O–H groups in total. The third kappa shape index (κ3) is 21.4. The van der Waals surface area contributed by atoms with Crippen molar-refractivity contribution in [2.75, 3.05) is 6.61 Å². The van der Waals surface area contributed by atoms with Crippen LogP contribution in [0.1, 0.15) is 72.1 Å². The summed E-state index contributed by atoms with van der Waals surface area (Å²) in [5.74, 6) is -0.0948. The van der Waals surface area contributed by atoms with Crippen molar-refractivity contribution in [1.82, 2.24) is 0 Å². The van der Waals surface area contributed by atoms with Gasteiger partial charge in [0.1, 0.15) is 0 Å². The zero-order chi connectivity index (χ0) is 16.3. The number of esters is 1. The first-order valence-corrected chi connectivity index (χ1v) is 8.23. The maximum absolute atomic E-state index is 10.9. The van der Waals surface area contributed by atoms with E-state index in [9.17, 15) is 4.79 Å². The van der Waals surface area contributed by atoms with E-state index in [1.807, 2.05) is 6.92 Å². The summed E-state index contributed by atoms with van der Waals surface area (Å²) in [5, 5.41) is 8.87. The Bertz CT molecular complexity index is 259. The molecule has 0 aromatic rings. The number of allylic oxidation sites excluding steroid dienone is 2. The predicted octanol–water partition coefficient (Wildman–Crippen LogP) is 4.80. The van der Waals surface area contributed by atoms with Crippen LogP contribution in [0.2, 0.25) is 0 Å². The van der Waals surface area contributed by atoms with Crippen molar-refractivity contribution in [3.63, 3.8) is 0 Å². The number of carbonyl (C=O) groups excluding carboxylic acids is 1. The van der Waals surface area contributed by atoms with E-state index in [4.69, 9.17) is 9.84 Å². The summed E-state index contributed by atoms with van der Waals surface area (Å²) < 4.78 is 4.80. The molecule has 1 unspecified atom stereocenters. The SMILES string of the molecule is C=CC(O)CCCC.CCCC/C=C/CCC(=O)OCC. The van der Waals surface area contributed by atoms with Crippen LogP contribution in [0.5, 0.6) is 0 Å². The van der Waals surface area contributed by atoms with Crippen molar-refractivity contribution in [2.24, 2.45) is 0 Å². The number of hydrogen-bond acceptors (Lipinski definition) is 3. The Morgan fingerprint density at radius 3 is 2.29 bits per heavy atom. The highest BCUT2D eigenvalue weighted by Gasteiger charge is 1.97. The number of ether oxygens (including phenoxy) is 1. The van der Waals surface area contributed by atoms with Crippen LogP contribution in [0, 0.1) is 0 Å². The molecule has 0 saturated heterocycles. The lowest BCUT2D eigenvalue weighted by Gasteiger charge is -2.00. The Morgan fingerprint density at radius 1 is 1.14 bits per heavy atom. The van der Waals surface area contributed by atoms with Gasteiger partial charge in [-0.25, -0.2) is 0 Å². The van der Waals surface area contributed by atoms with Gasteiger partial charge in [-0.1, -0.05) is 57.8 Å². The van der Waals surface area contributed by atoms with E-state index in [2.05, 4.69) is 32.6 Å². The molecular formula is C18H34O3. The van der Waals surface area contributed by atoms with Crippen molar-refractivity contribution < 1.29 is 14.6 Å². The molecule has 0 aromatic heterocycles. The highest BCUT2D eigenvalue weighted by molar-refractivity contribution is 5.69. The molecule has 0 amide bonds. The molecule has 0 rings (SSSR count). The first-order chi connectivity index (χ1) is 10.1. The molecule has 0 saturated carbocycles. The second-order valence-electron chi connectivity index (χ2n) is 4.90. The smallest absolute Gasteiger partial charge is 0.306 e. The van der Waals surface area contributed by atoms with Gasteiger partial charge in [-0.2, -0.15) is 0 Å². The number of unbranched alkanes of at least 4 members (excludes halogenated alkanes) is 3. The number of aliphatic hydroxyl groups excluding tert-OH is 1. The molecule has 0 bridgehead atoms. The topological polar surface area (TPSA) is 46.5 Å². The van der Waals surface area contributed by atoms with Crippen molar-refractivity contribution in [3.8, 4) is 0 Å². The predicted molar refractivity (Wildman–Crippen MR) is 90.3 cm³/mol. The van der Waals surface area contributed by atoms with Crippen LogP contribution in [0.3, 0.4) is 0 Å². The number of carbonyl (C=O) groups is 1. The minimum absolute atomic E-state index is 0.0948. The fourth-order valence-electron chi connectivity index (χ4n) is 1.52. The van der Waals surface area contributed by atoms with Crippen molar-refractivity contribution in [1.29, 1.82) is 0 Å². The van der Waals surface area contributed by atoms with Crippen LogP contribution in [-0.2, 0) is 9.53 Å². The third-order valence-corrected chi connectivity index (χ3v) is 2.84. The number of aliphatic hydroxyl groups is 1. The zero-order valence-electron chi connectivity index (χ0n) is 14.1. The van der Waals surface area contributed by atoms with E-state index in [0.717, 1.165) is 32.1 Å². The lowest BCUT2D eigenvalue weighted by Crippen LogP contribution is -2.02. The highest BCUT2D eigenvalue weighted by atomic mass is 16.5. The monoisotopic (exact) mass is 298 g/mol. The van der Waals surface area contributed by atoms with E-state index in [1.165, 1.54) is 12.8 Å². The van der Waals surface area contributed by atoms with Gasteiger partial charge in [0.2, 0.25) is 0 Å². The summed E-state index contributed by atoms with van der Waals surface area (Å²) in [6.07, 6.45) is 13.5. The second-order valence-corrected chi connectivity index (χ2v) is 4.90. The van der Waals surface area contributed by atoms with Gasteiger partial charge in [0.15, 0.2) is 0 Å².